The number of hydrogen-bond acceptors (Lipinski definition) is 5. The van der Waals surface area contributed by atoms with Crippen molar-refractivity contribution in [2.75, 3.05) is 51.5 Å². The molecule has 148 valence electrons. The van der Waals surface area contributed by atoms with Crippen LogP contribution in [0.3, 0.4) is 0 Å². The maximum absolute atomic E-state index is 11.8. The second-order valence-electron chi connectivity index (χ2n) is 5.49. The van der Waals surface area contributed by atoms with Gasteiger partial charge in [0.1, 0.15) is 0 Å². The SMILES string of the molecule is CCOc1cc(NC(=NC)NCCN2CCCS2(=O)=O)ccc1OC.I. The van der Waals surface area contributed by atoms with Crippen molar-refractivity contribution in [2.24, 2.45) is 4.99 Å². The molecule has 1 aliphatic heterocycles. The zero-order valence-electron chi connectivity index (χ0n) is 15.3. The second kappa shape index (κ2) is 10.8. The smallest absolute Gasteiger partial charge is 0.214 e. The Bertz CT molecular complexity index is 712. The van der Waals surface area contributed by atoms with Crippen LogP contribution in [0.1, 0.15) is 13.3 Å². The predicted octanol–water partition coefficient (Wildman–Crippen LogP) is 1.73. The highest BCUT2D eigenvalue weighted by molar-refractivity contribution is 14.0. The molecule has 8 nitrogen and oxygen atoms in total. The molecule has 1 aromatic carbocycles. The first-order chi connectivity index (χ1) is 12.0. The van der Waals surface area contributed by atoms with E-state index in [0.29, 0.717) is 50.1 Å². The van der Waals surface area contributed by atoms with E-state index in [1.165, 1.54) is 4.31 Å². The topological polar surface area (TPSA) is 92.3 Å². The number of guanidine groups is 1. The molecular formula is C16H27IN4O4S. The van der Waals surface area contributed by atoms with E-state index in [9.17, 15) is 8.42 Å². The molecule has 0 aliphatic carbocycles. The number of benzene rings is 1. The third-order valence-corrected chi connectivity index (χ3v) is 5.76. The molecule has 0 amide bonds. The summed E-state index contributed by atoms with van der Waals surface area (Å²) in [6, 6.07) is 5.51. The van der Waals surface area contributed by atoms with Gasteiger partial charge in [-0.3, -0.25) is 4.99 Å². The van der Waals surface area contributed by atoms with Gasteiger partial charge in [-0.25, -0.2) is 12.7 Å². The standard InChI is InChI=1S/C16H26N4O4S.HI/c1-4-24-15-12-13(6-7-14(15)23-3)19-16(17-2)18-8-10-20-9-5-11-25(20,21)22;/h6-7,12H,4-5,8-11H2,1-3H3,(H2,17,18,19);1H. The lowest BCUT2D eigenvalue weighted by molar-refractivity contribution is 0.311. The molecule has 0 bridgehead atoms. The number of anilines is 1. The Balaban J connectivity index is 0.00000338. The van der Waals surface area contributed by atoms with Crippen LogP contribution in [0.5, 0.6) is 11.5 Å². The normalized spacial score (nSPS) is 16.7. The number of aliphatic imine (C=N–C) groups is 1. The van der Waals surface area contributed by atoms with Gasteiger partial charge in [0.15, 0.2) is 17.5 Å². The third-order valence-electron chi connectivity index (χ3n) is 3.81. The van der Waals surface area contributed by atoms with Crippen LogP contribution in [0.2, 0.25) is 0 Å². The highest BCUT2D eigenvalue weighted by atomic mass is 127. The lowest BCUT2D eigenvalue weighted by Gasteiger charge is -2.17. The Morgan fingerprint density at radius 2 is 2.12 bits per heavy atom. The van der Waals surface area contributed by atoms with Crippen LogP contribution < -0.4 is 20.1 Å². The van der Waals surface area contributed by atoms with Crippen LogP contribution in [0.4, 0.5) is 5.69 Å². The summed E-state index contributed by atoms with van der Waals surface area (Å²) in [6.45, 7) is 3.94. The van der Waals surface area contributed by atoms with E-state index in [1.807, 2.05) is 25.1 Å². The lowest BCUT2D eigenvalue weighted by Crippen LogP contribution is -2.38. The van der Waals surface area contributed by atoms with E-state index >= 15 is 0 Å². The summed E-state index contributed by atoms with van der Waals surface area (Å²) in [6.07, 6.45) is 0.696. The Kier molecular flexibility index (Phi) is 9.44. The maximum Gasteiger partial charge on any atom is 0.214 e. The average Bonchev–Trinajstić information content (AvgIpc) is 2.93. The Morgan fingerprint density at radius 3 is 2.69 bits per heavy atom. The molecular weight excluding hydrogens is 471 g/mol. The van der Waals surface area contributed by atoms with E-state index in [-0.39, 0.29) is 29.7 Å². The van der Waals surface area contributed by atoms with Crippen molar-refractivity contribution in [3.63, 3.8) is 0 Å². The Hall–Kier alpha value is -1.27. The molecule has 1 heterocycles. The molecule has 1 fully saturated rings. The molecule has 0 saturated carbocycles. The average molecular weight is 498 g/mol. The van der Waals surface area contributed by atoms with Gasteiger partial charge < -0.3 is 20.1 Å². The summed E-state index contributed by atoms with van der Waals surface area (Å²) in [5.41, 5.74) is 0.797. The molecule has 0 radical (unpaired) electrons. The molecule has 2 rings (SSSR count). The maximum atomic E-state index is 11.8. The van der Waals surface area contributed by atoms with E-state index in [4.69, 9.17) is 9.47 Å². The number of ether oxygens (including phenoxy) is 2. The number of rotatable bonds is 7. The summed E-state index contributed by atoms with van der Waals surface area (Å²) in [5, 5.41) is 6.28. The van der Waals surface area contributed by atoms with Gasteiger partial charge in [-0.05, 0) is 25.5 Å². The van der Waals surface area contributed by atoms with E-state index < -0.39 is 10.0 Å². The van der Waals surface area contributed by atoms with Crippen LogP contribution in [-0.4, -0.2) is 64.8 Å². The first-order valence-electron chi connectivity index (χ1n) is 8.26. The quantitative estimate of drug-likeness (QED) is 0.338. The van der Waals surface area contributed by atoms with Crippen molar-refractivity contribution in [1.82, 2.24) is 9.62 Å². The summed E-state index contributed by atoms with van der Waals surface area (Å²) in [5.74, 6) is 2.11. The fourth-order valence-corrected chi connectivity index (χ4v) is 4.11. The summed E-state index contributed by atoms with van der Waals surface area (Å²) < 4.78 is 35.9. The fourth-order valence-electron chi connectivity index (χ4n) is 2.58. The molecule has 0 unspecified atom stereocenters. The molecule has 1 saturated heterocycles. The van der Waals surface area contributed by atoms with E-state index in [1.54, 1.807) is 14.2 Å². The summed E-state index contributed by atoms with van der Waals surface area (Å²) >= 11 is 0. The predicted molar refractivity (Wildman–Crippen MR) is 115 cm³/mol. The molecule has 1 aliphatic rings. The van der Waals surface area contributed by atoms with Gasteiger partial charge in [0, 0.05) is 38.4 Å². The molecule has 1 aromatic rings. The van der Waals surface area contributed by atoms with Crippen LogP contribution >= 0.6 is 24.0 Å². The van der Waals surface area contributed by atoms with Gasteiger partial charge in [-0.15, -0.1) is 24.0 Å². The Morgan fingerprint density at radius 1 is 1.35 bits per heavy atom. The number of nitrogens with one attached hydrogen (secondary N) is 2. The van der Waals surface area contributed by atoms with Crippen molar-refractivity contribution >= 4 is 45.6 Å². The molecule has 0 spiro atoms. The monoisotopic (exact) mass is 498 g/mol. The van der Waals surface area contributed by atoms with Crippen LogP contribution in [0, 0.1) is 0 Å². The largest absolute Gasteiger partial charge is 0.493 e. The minimum Gasteiger partial charge on any atom is -0.493 e. The van der Waals surface area contributed by atoms with Crippen LogP contribution in [0.25, 0.3) is 0 Å². The van der Waals surface area contributed by atoms with E-state index in [2.05, 4.69) is 15.6 Å². The molecule has 10 heteroatoms. The zero-order chi connectivity index (χ0) is 18.3. The first kappa shape index (κ1) is 22.8. The number of methoxy groups -OCH3 is 1. The highest BCUT2D eigenvalue weighted by Gasteiger charge is 2.27. The first-order valence-corrected chi connectivity index (χ1v) is 9.87. The van der Waals surface area contributed by atoms with Crippen LogP contribution in [-0.2, 0) is 10.0 Å². The lowest BCUT2D eigenvalue weighted by atomic mass is 10.2. The van der Waals surface area contributed by atoms with Gasteiger partial charge in [-0.1, -0.05) is 0 Å². The number of sulfonamides is 1. The Labute approximate surface area is 172 Å². The van der Waals surface area contributed by atoms with Gasteiger partial charge in [-0.2, -0.15) is 0 Å². The third kappa shape index (κ3) is 6.16. The summed E-state index contributed by atoms with van der Waals surface area (Å²) in [4.78, 5) is 4.16. The van der Waals surface area contributed by atoms with E-state index in [0.717, 1.165) is 5.69 Å². The molecule has 26 heavy (non-hydrogen) atoms. The van der Waals surface area contributed by atoms with Crippen molar-refractivity contribution in [3.8, 4) is 11.5 Å². The molecule has 2 N–H and O–H groups in total. The minimum absolute atomic E-state index is 0. The molecule has 0 atom stereocenters. The van der Waals surface area contributed by atoms with Crippen molar-refractivity contribution in [2.45, 2.75) is 13.3 Å². The molecule has 0 aromatic heterocycles. The van der Waals surface area contributed by atoms with Gasteiger partial charge >= 0.3 is 0 Å². The minimum atomic E-state index is -3.07. The second-order valence-corrected chi connectivity index (χ2v) is 7.58. The van der Waals surface area contributed by atoms with Crippen molar-refractivity contribution < 1.29 is 17.9 Å². The van der Waals surface area contributed by atoms with Gasteiger partial charge in [0.2, 0.25) is 10.0 Å². The number of halogens is 1. The summed E-state index contributed by atoms with van der Waals surface area (Å²) in [7, 11) is 0.189. The fraction of sp³-hybridized carbons (Fsp3) is 0.562. The number of hydrogen-bond donors (Lipinski definition) is 2. The van der Waals surface area contributed by atoms with Crippen LogP contribution in [0.15, 0.2) is 23.2 Å². The van der Waals surface area contributed by atoms with Crippen molar-refractivity contribution in [1.29, 1.82) is 0 Å². The van der Waals surface area contributed by atoms with Gasteiger partial charge in [0.05, 0.1) is 19.5 Å². The zero-order valence-corrected chi connectivity index (χ0v) is 18.5. The highest BCUT2D eigenvalue weighted by Crippen LogP contribution is 2.30. The van der Waals surface area contributed by atoms with Gasteiger partial charge in [0.25, 0.3) is 0 Å². The number of nitrogens with zero attached hydrogens (tertiary/aromatic N) is 2. The van der Waals surface area contributed by atoms with Crippen molar-refractivity contribution in [3.05, 3.63) is 18.2 Å².